The summed E-state index contributed by atoms with van der Waals surface area (Å²) in [4.78, 5) is 11.3. The molecule has 100 valence electrons. The van der Waals surface area contributed by atoms with Crippen LogP contribution in [-0.4, -0.2) is 25.7 Å². The SMILES string of the molecule is C=C(CNCC(CC)CCCC)C(=O)OCC. The van der Waals surface area contributed by atoms with E-state index < -0.39 is 0 Å². The molecular weight excluding hydrogens is 214 g/mol. The average Bonchev–Trinajstić information content (AvgIpc) is 2.33. The number of rotatable bonds is 10. The molecule has 0 aliphatic carbocycles. The second-order valence-corrected chi connectivity index (χ2v) is 4.37. The largest absolute Gasteiger partial charge is 0.463 e. The third-order valence-electron chi connectivity index (χ3n) is 2.88. The normalized spacial score (nSPS) is 12.2. The van der Waals surface area contributed by atoms with Gasteiger partial charge in [-0.2, -0.15) is 0 Å². The maximum absolute atomic E-state index is 11.3. The lowest BCUT2D eigenvalue weighted by atomic mass is 9.99. The predicted molar refractivity (Wildman–Crippen MR) is 71.9 cm³/mol. The molecule has 1 N–H and O–H groups in total. The Bertz CT molecular complexity index is 226. The van der Waals surface area contributed by atoms with E-state index in [1.165, 1.54) is 25.7 Å². The molecule has 3 nitrogen and oxygen atoms in total. The third kappa shape index (κ3) is 7.97. The summed E-state index contributed by atoms with van der Waals surface area (Å²) in [5, 5.41) is 3.28. The van der Waals surface area contributed by atoms with Gasteiger partial charge in [0.15, 0.2) is 0 Å². The Morgan fingerprint density at radius 3 is 2.59 bits per heavy atom. The summed E-state index contributed by atoms with van der Waals surface area (Å²) in [6, 6.07) is 0. The minimum Gasteiger partial charge on any atom is -0.463 e. The smallest absolute Gasteiger partial charge is 0.334 e. The summed E-state index contributed by atoms with van der Waals surface area (Å²) >= 11 is 0. The molecule has 1 unspecified atom stereocenters. The number of esters is 1. The molecule has 0 saturated heterocycles. The molecule has 0 amide bonds. The fourth-order valence-corrected chi connectivity index (χ4v) is 1.68. The zero-order valence-corrected chi connectivity index (χ0v) is 11.6. The maximum Gasteiger partial charge on any atom is 0.334 e. The van der Waals surface area contributed by atoms with Crippen molar-refractivity contribution in [2.45, 2.75) is 46.5 Å². The van der Waals surface area contributed by atoms with E-state index in [2.05, 4.69) is 25.7 Å². The van der Waals surface area contributed by atoms with Crippen LogP contribution in [0.25, 0.3) is 0 Å². The van der Waals surface area contributed by atoms with Gasteiger partial charge >= 0.3 is 5.97 Å². The van der Waals surface area contributed by atoms with Crippen LogP contribution in [0.4, 0.5) is 0 Å². The molecule has 0 aliphatic rings. The highest BCUT2D eigenvalue weighted by Gasteiger charge is 2.09. The van der Waals surface area contributed by atoms with Crippen molar-refractivity contribution in [3.8, 4) is 0 Å². The van der Waals surface area contributed by atoms with Gasteiger partial charge in [0.05, 0.1) is 6.61 Å². The van der Waals surface area contributed by atoms with Crippen molar-refractivity contribution in [2.24, 2.45) is 5.92 Å². The summed E-state index contributed by atoms with van der Waals surface area (Å²) in [5.74, 6) is 0.409. The average molecular weight is 241 g/mol. The first kappa shape index (κ1) is 16.2. The molecule has 0 radical (unpaired) electrons. The Balaban J connectivity index is 3.72. The van der Waals surface area contributed by atoms with Gasteiger partial charge in [0.25, 0.3) is 0 Å². The molecule has 1 atom stereocenters. The molecular formula is C14H27NO2. The van der Waals surface area contributed by atoms with Gasteiger partial charge < -0.3 is 10.1 Å². The van der Waals surface area contributed by atoms with Gasteiger partial charge in [-0.05, 0) is 25.8 Å². The second kappa shape index (κ2) is 10.3. The first-order chi connectivity index (χ1) is 8.15. The van der Waals surface area contributed by atoms with Gasteiger partial charge in [-0.15, -0.1) is 0 Å². The summed E-state index contributed by atoms with van der Waals surface area (Å²) in [6.07, 6.45) is 4.95. The Kier molecular flexibility index (Phi) is 9.83. The molecule has 0 aliphatic heterocycles. The third-order valence-corrected chi connectivity index (χ3v) is 2.88. The van der Waals surface area contributed by atoms with E-state index in [1.54, 1.807) is 6.92 Å². The maximum atomic E-state index is 11.3. The molecule has 3 heteroatoms. The lowest BCUT2D eigenvalue weighted by molar-refractivity contribution is -0.138. The molecule has 0 aromatic heterocycles. The molecule has 17 heavy (non-hydrogen) atoms. The van der Waals surface area contributed by atoms with E-state index >= 15 is 0 Å². The van der Waals surface area contributed by atoms with E-state index in [9.17, 15) is 4.79 Å². The molecule has 0 aromatic rings. The van der Waals surface area contributed by atoms with Crippen LogP contribution >= 0.6 is 0 Å². The number of unbranched alkanes of at least 4 members (excludes halogenated alkanes) is 1. The Morgan fingerprint density at radius 1 is 1.35 bits per heavy atom. The topological polar surface area (TPSA) is 38.3 Å². The van der Waals surface area contributed by atoms with Crippen LogP contribution in [0.1, 0.15) is 46.5 Å². The van der Waals surface area contributed by atoms with Crippen molar-refractivity contribution >= 4 is 5.97 Å². The molecule has 0 saturated carbocycles. The van der Waals surface area contributed by atoms with E-state index in [1.807, 2.05) is 0 Å². The van der Waals surface area contributed by atoms with Crippen molar-refractivity contribution in [2.75, 3.05) is 19.7 Å². The standard InChI is InChI=1S/C14H27NO2/c1-5-8-9-13(6-2)11-15-10-12(4)14(16)17-7-3/h13,15H,4-11H2,1-3H3. The first-order valence-corrected chi connectivity index (χ1v) is 6.71. The molecule has 0 rings (SSSR count). The number of carbonyl (C=O) groups is 1. The molecule has 0 bridgehead atoms. The number of hydrogen-bond acceptors (Lipinski definition) is 3. The summed E-state index contributed by atoms with van der Waals surface area (Å²) in [5.41, 5.74) is 0.511. The van der Waals surface area contributed by atoms with Crippen LogP contribution in [-0.2, 0) is 9.53 Å². The van der Waals surface area contributed by atoms with E-state index in [-0.39, 0.29) is 5.97 Å². The minimum absolute atomic E-state index is 0.290. The summed E-state index contributed by atoms with van der Waals surface area (Å²) < 4.78 is 4.87. The molecule has 0 heterocycles. The Labute approximate surface area is 106 Å². The fourth-order valence-electron chi connectivity index (χ4n) is 1.68. The van der Waals surface area contributed by atoms with E-state index in [4.69, 9.17) is 4.74 Å². The van der Waals surface area contributed by atoms with Gasteiger partial charge in [0, 0.05) is 12.1 Å². The zero-order chi connectivity index (χ0) is 13.1. The van der Waals surface area contributed by atoms with E-state index in [0.717, 1.165) is 6.54 Å². The van der Waals surface area contributed by atoms with Crippen molar-refractivity contribution in [3.05, 3.63) is 12.2 Å². The van der Waals surface area contributed by atoms with Crippen LogP contribution < -0.4 is 5.32 Å². The van der Waals surface area contributed by atoms with Crippen molar-refractivity contribution in [3.63, 3.8) is 0 Å². The lowest BCUT2D eigenvalue weighted by Gasteiger charge is -2.15. The van der Waals surface area contributed by atoms with Gasteiger partial charge in [-0.1, -0.05) is 39.7 Å². The Hall–Kier alpha value is -0.830. The Morgan fingerprint density at radius 2 is 2.06 bits per heavy atom. The van der Waals surface area contributed by atoms with Gasteiger partial charge in [-0.25, -0.2) is 4.79 Å². The molecule has 0 aromatic carbocycles. The minimum atomic E-state index is -0.290. The number of carbonyl (C=O) groups excluding carboxylic acids is 1. The monoisotopic (exact) mass is 241 g/mol. The molecule has 0 fully saturated rings. The first-order valence-electron chi connectivity index (χ1n) is 6.71. The number of hydrogen-bond donors (Lipinski definition) is 1. The summed E-state index contributed by atoms with van der Waals surface area (Å²) in [6.45, 7) is 11.8. The highest BCUT2D eigenvalue weighted by Crippen LogP contribution is 2.11. The van der Waals surface area contributed by atoms with Gasteiger partial charge in [0.1, 0.15) is 0 Å². The van der Waals surface area contributed by atoms with Crippen molar-refractivity contribution in [1.29, 1.82) is 0 Å². The zero-order valence-electron chi connectivity index (χ0n) is 11.6. The van der Waals surface area contributed by atoms with Crippen LogP contribution in [0.3, 0.4) is 0 Å². The van der Waals surface area contributed by atoms with Gasteiger partial charge in [-0.3, -0.25) is 0 Å². The predicted octanol–water partition coefficient (Wildman–Crippen LogP) is 2.91. The summed E-state index contributed by atoms with van der Waals surface area (Å²) in [7, 11) is 0. The number of ether oxygens (including phenoxy) is 1. The van der Waals surface area contributed by atoms with Crippen molar-refractivity contribution in [1.82, 2.24) is 5.32 Å². The molecule has 0 spiro atoms. The quantitative estimate of drug-likeness (QED) is 0.472. The fraction of sp³-hybridized carbons (Fsp3) is 0.786. The lowest BCUT2D eigenvalue weighted by Crippen LogP contribution is -2.27. The highest BCUT2D eigenvalue weighted by atomic mass is 16.5. The number of nitrogens with one attached hydrogen (secondary N) is 1. The second-order valence-electron chi connectivity index (χ2n) is 4.37. The van der Waals surface area contributed by atoms with Crippen LogP contribution in [0.15, 0.2) is 12.2 Å². The van der Waals surface area contributed by atoms with Gasteiger partial charge in [0.2, 0.25) is 0 Å². The van der Waals surface area contributed by atoms with Crippen LogP contribution in [0.5, 0.6) is 0 Å². The van der Waals surface area contributed by atoms with Crippen LogP contribution in [0.2, 0.25) is 0 Å². The van der Waals surface area contributed by atoms with E-state index in [0.29, 0.717) is 24.6 Å². The highest BCUT2D eigenvalue weighted by molar-refractivity contribution is 5.88. The van der Waals surface area contributed by atoms with Crippen molar-refractivity contribution < 1.29 is 9.53 Å². The van der Waals surface area contributed by atoms with Crippen LogP contribution in [0, 0.1) is 5.92 Å².